The van der Waals surface area contributed by atoms with Gasteiger partial charge in [0.2, 0.25) is 11.7 Å². The van der Waals surface area contributed by atoms with Gasteiger partial charge in [0, 0.05) is 29.3 Å². The van der Waals surface area contributed by atoms with Gasteiger partial charge in [0.05, 0.1) is 35.2 Å². The summed E-state index contributed by atoms with van der Waals surface area (Å²) in [5, 5.41) is 17.6. The van der Waals surface area contributed by atoms with Crippen LogP contribution in [0.2, 0.25) is 5.02 Å². The molecule has 2 aliphatic heterocycles. The fourth-order valence-corrected chi connectivity index (χ4v) is 8.92. The molecule has 2 aliphatic carbocycles. The van der Waals surface area contributed by atoms with E-state index in [1.54, 1.807) is 16.4 Å². The average molecular weight is 739 g/mol. The molecule has 4 aliphatic rings. The topological polar surface area (TPSA) is 157 Å². The van der Waals surface area contributed by atoms with E-state index in [4.69, 9.17) is 21.3 Å². The second-order valence-corrected chi connectivity index (χ2v) is 14.4. The summed E-state index contributed by atoms with van der Waals surface area (Å²) >= 11 is 6.17. The highest BCUT2D eigenvalue weighted by atomic mass is 35.5. The van der Waals surface area contributed by atoms with Crippen LogP contribution in [-0.2, 0) is 27.7 Å². The predicted octanol–water partition coefficient (Wildman–Crippen LogP) is 4.88. The van der Waals surface area contributed by atoms with Crippen molar-refractivity contribution >= 4 is 40.5 Å². The number of carbonyl (C=O) groups excluding carboxylic acids is 2. The minimum absolute atomic E-state index is 0.00618. The van der Waals surface area contributed by atoms with Gasteiger partial charge in [-0.2, -0.15) is 22.7 Å². The van der Waals surface area contributed by atoms with Crippen molar-refractivity contribution < 1.29 is 32.6 Å². The van der Waals surface area contributed by atoms with E-state index in [0.29, 0.717) is 68.2 Å². The zero-order valence-electron chi connectivity index (χ0n) is 28.2. The van der Waals surface area contributed by atoms with Crippen molar-refractivity contribution in [3.63, 3.8) is 0 Å². The summed E-state index contributed by atoms with van der Waals surface area (Å²) in [4.78, 5) is 56.7. The summed E-state index contributed by atoms with van der Waals surface area (Å²) < 4.78 is 48.2. The summed E-state index contributed by atoms with van der Waals surface area (Å²) in [5.41, 5.74) is 0.307. The first-order chi connectivity index (χ1) is 24.8. The molecule has 1 spiro atoms. The fraction of sp³-hybridized carbons (Fsp3) is 0.457. The monoisotopic (exact) mass is 738 g/mol. The molecular weight excluding hydrogens is 705 g/mol. The molecule has 272 valence electrons. The minimum Gasteiger partial charge on any atom is -0.504 e. The van der Waals surface area contributed by atoms with Crippen LogP contribution in [0.1, 0.15) is 83.8 Å². The third kappa shape index (κ3) is 5.36. The molecule has 8 rings (SSSR count). The lowest BCUT2D eigenvalue weighted by Crippen LogP contribution is -2.63. The Labute approximate surface area is 299 Å². The summed E-state index contributed by atoms with van der Waals surface area (Å²) in [7, 11) is 0. The van der Waals surface area contributed by atoms with E-state index < -0.39 is 29.0 Å². The third-order valence-electron chi connectivity index (χ3n) is 11.2. The van der Waals surface area contributed by atoms with Crippen molar-refractivity contribution in [3.05, 3.63) is 80.0 Å². The highest BCUT2D eigenvalue weighted by molar-refractivity contribution is 6.33. The molecule has 2 fully saturated rings. The number of hydrogen-bond acceptors (Lipinski definition) is 9. The number of piperidine rings is 1. The van der Waals surface area contributed by atoms with E-state index in [0.717, 1.165) is 30.2 Å². The highest BCUT2D eigenvalue weighted by Gasteiger charge is 2.60. The van der Waals surface area contributed by atoms with Crippen LogP contribution < -0.4 is 10.9 Å². The van der Waals surface area contributed by atoms with E-state index in [-0.39, 0.29) is 57.9 Å². The average Bonchev–Trinajstić information content (AvgIpc) is 3.66. The largest absolute Gasteiger partial charge is 0.504 e. The van der Waals surface area contributed by atoms with Crippen molar-refractivity contribution in [1.82, 2.24) is 34.0 Å². The van der Waals surface area contributed by atoms with Crippen LogP contribution in [0.4, 0.5) is 18.9 Å². The predicted molar refractivity (Wildman–Crippen MR) is 181 cm³/mol. The molecule has 3 aromatic heterocycles. The molecule has 1 saturated carbocycles. The quantitative estimate of drug-likeness (QED) is 0.291. The number of carbonyl (C=O) groups is 2. The van der Waals surface area contributed by atoms with E-state index in [2.05, 4.69) is 20.4 Å². The zero-order valence-corrected chi connectivity index (χ0v) is 29.0. The number of aromatic hydroxyl groups is 1. The maximum Gasteiger partial charge on any atom is 0.416 e. The normalized spacial score (nSPS) is 24.0. The van der Waals surface area contributed by atoms with Crippen molar-refractivity contribution in [2.75, 3.05) is 25.1 Å². The number of rotatable bonds is 5. The molecule has 1 unspecified atom stereocenters. The Morgan fingerprint density at radius 2 is 2.02 bits per heavy atom. The maximum absolute atomic E-state index is 14.7. The van der Waals surface area contributed by atoms with Crippen molar-refractivity contribution in [1.29, 1.82) is 0 Å². The molecule has 17 heteroatoms. The molecule has 13 nitrogen and oxygen atoms in total. The molecular formula is C35H34ClF3N8O5. The first-order valence-electron chi connectivity index (χ1n) is 17.1. The van der Waals surface area contributed by atoms with E-state index in [1.165, 1.54) is 10.8 Å². The van der Waals surface area contributed by atoms with Crippen molar-refractivity contribution in [2.24, 2.45) is 5.92 Å². The van der Waals surface area contributed by atoms with Crippen LogP contribution >= 0.6 is 11.6 Å². The van der Waals surface area contributed by atoms with Crippen molar-refractivity contribution in [3.8, 4) is 5.75 Å². The van der Waals surface area contributed by atoms with Crippen LogP contribution in [0, 0.1) is 12.8 Å². The summed E-state index contributed by atoms with van der Waals surface area (Å²) in [6.45, 7) is 4.41. The summed E-state index contributed by atoms with van der Waals surface area (Å²) in [6.07, 6.45) is 1.55. The van der Waals surface area contributed by atoms with Crippen LogP contribution in [0.5, 0.6) is 5.75 Å². The molecule has 4 aromatic rings. The third-order valence-corrected chi connectivity index (χ3v) is 11.5. The van der Waals surface area contributed by atoms with Gasteiger partial charge in [-0.05, 0) is 74.6 Å². The number of amides is 2. The summed E-state index contributed by atoms with van der Waals surface area (Å²) in [5.74, 6) is -1.02. The van der Waals surface area contributed by atoms with Crippen LogP contribution in [0.25, 0.3) is 11.4 Å². The van der Waals surface area contributed by atoms with Gasteiger partial charge in [0.25, 0.3) is 11.5 Å². The number of fused-ring (bicyclic) bond motifs is 5. The molecule has 0 radical (unpaired) electrons. The molecule has 1 saturated heterocycles. The Morgan fingerprint density at radius 3 is 2.71 bits per heavy atom. The van der Waals surface area contributed by atoms with Crippen LogP contribution in [0.15, 0.2) is 35.4 Å². The van der Waals surface area contributed by atoms with E-state index in [1.807, 2.05) is 13.0 Å². The minimum atomic E-state index is -4.61. The number of ether oxygens (including phenoxy) is 1. The number of aryl methyl sites for hydroxylation is 1. The lowest BCUT2D eigenvalue weighted by Gasteiger charge is -2.57. The van der Waals surface area contributed by atoms with Gasteiger partial charge < -0.3 is 24.6 Å². The Hall–Kier alpha value is -4.83. The second kappa shape index (κ2) is 12.4. The van der Waals surface area contributed by atoms with Crippen LogP contribution in [-0.4, -0.2) is 76.8 Å². The van der Waals surface area contributed by atoms with Crippen molar-refractivity contribution in [2.45, 2.75) is 76.0 Å². The SMILES string of the molecule is Cc1ncnc(C(=O)N2CCC3(C[C@H](C)c4c3c(=O)n3nc(C5=CCOCC5)nc3n4CC(=O)Nc3ccc(C(F)(F)F)cc3Cl)[C@@H]3CC[C@@H]32)c1O. The Balaban J connectivity index is 1.20. The van der Waals surface area contributed by atoms with Crippen LogP contribution in [0.3, 0.4) is 0 Å². The summed E-state index contributed by atoms with van der Waals surface area (Å²) in [6, 6.07) is 2.49. The van der Waals surface area contributed by atoms with E-state index in [9.17, 15) is 32.7 Å². The number of nitrogens with zero attached hydrogens (tertiary/aromatic N) is 7. The molecule has 2 N–H and O–H groups in total. The first-order valence-corrected chi connectivity index (χ1v) is 17.5. The number of nitrogens with one attached hydrogen (secondary N) is 1. The number of alkyl halides is 3. The zero-order chi connectivity index (χ0) is 36.7. The lowest BCUT2D eigenvalue weighted by molar-refractivity contribution is -0.137. The van der Waals surface area contributed by atoms with Gasteiger partial charge in [-0.1, -0.05) is 24.6 Å². The van der Waals surface area contributed by atoms with Gasteiger partial charge in [-0.15, -0.1) is 5.10 Å². The molecule has 2 amide bonds. The van der Waals surface area contributed by atoms with Gasteiger partial charge in [-0.3, -0.25) is 14.4 Å². The number of hydrogen-bond donors (Lipinski definition) is 2. The standard InChI is InChI=1S/C35H34ClF3N8O5/c1-17-14-34(9-10-45(24-6-4-21(24)34)32(51)27-29(49)18(2)40-16-41-27)26-28(17)46(15-25(48)42-23-5-3-20(13-22(23)36)35(37,38)39)33-43-30(44-47(33)31(26)50)19-7-11-52-12-8-19/h3,5,7,13,16-17,21,24,49H,4,6,8-12,14-15H2,1-2H3,(H,42,48)/t17-,21+,24-,34?/m0/s1. The number of benzene rings is 1. The molecule has 0 bridgehead atoms. The first kappa shape index (κ1) is 34.3. The molecule has 5 heterocycles. The lowest BCUT2D eigenvalue weighted by atomic mass is 9.55. The van der Waals surface area contributed by atoms with Gasteiger partial charge in [-0.25, -0.2) is 9.97 Å². The van der Waals surface area contributed by atoms with E-state index >= 15 is 0 Å². The number of likely N-dealkylation sites (tertiary alicyclic amines) is 1. The molecule has 1 aromatic carbocycles. The maximum atomic E-state index is 14.7. The molecule has 4 atom stereocenters. The second-order valence-electron chi connectivity index (χ2n) is 14.0. The Kier molecular flexibility index (Phi) is 8.17. The Bertz CT molecular complexity index is 2250. The van der Waals surface area contributed by atoms with Gasteiger partial charge >= 0.3 is 6.18 Å². The van der Waals surface area contributed by atoms with Gasteiger partial charge in [0.1, 0.15) is 12.9 Å². The fourth-order valence-electron chi connectivity index (χ4n) is 8.69. The molecule has 52 heavy (non-hydrogen) atoms. The Morgan fingerprint density at radius 1 is 1.21 bits per heavy atom. The number of anilines is 1. The highest BCUT2D eigenvalue weighted by Crippen LogP contribution is 2.59. The van der Waals surface area contributed by atoms with Gasteiger partial charge in [0.15, 0.2) is 17.3 Å². The number of halogens is 4. The number of aromatic nitrogens is 6. The smallest absolute Gasteiger partial charge is 0.416 e.